The fourth-order valence-corrected chi connectivity index (χ4v) is 6.27. The third-order valence-electron chi connectivity index (χ3n) is 7.03. The second kappa shape index (κ2) is 10.9. The van der Waals surface area contributed by atoms with Gasteiger partial charge in [-0.3, -0.25) is 4.79 Å². The third kappa shape index (κ3) is 5.54. The lowest BCUT2D eigenvalue weighted by Gasteiger charge is -2.33. The predicted octanol–water partition coefficient (Wildman–Crippen LogP) is 7.54. The van der Waals surface area contributed by atoms with Crippen LogP contribution >= 0.6 is 11.8 Å². The molecule has 2 aromatic carbocycles. The van der Waals surface area contributed by atoms with Gasteiger partial charge in [-0.25, -0.2) is 4.79 Å². The number of furan rings is 1. The minimum absolute atomic E-state index is 0.110. The molecule has 0 spiro atoms. The smallest absolute Gasteiger partial charge is 0.379 e. The highest BCUT2D eigenvalue weighted by Crippen LogP contribution is 2.44. The van der Waals surface area contributed by atoms with Crippen LogP contribution in [0, 0.1) is 6.92 Å². The summed E-state index contributed by atoms with van der Waals surface area (Å²) in [5.74, 6) is 0.196. The number of esters is 2. The van der Waals surface area contributed by atoms with E-state index in [0.717, 1.165) is 38.4 Å². The van der Waals surface area contributed by atoms with E-state index < -0.39 is 5.97 Å². The van der Waals surface area contributed by atoms with Crippen LogP contribution in [0.1, 0.15) is 61.4 Å². The lowest BCUT2D eigenvalue weighted by molar-refractivity contribution is -0.144. The Morgan fingerprint density at radius 2 is 1.88 bits per heavy atom. The quantitative estimate of drug-likeness (QED) is 0.235. The standard InChI is InChI=1S/C32H33NO6S/c1-18-13-14-37-29(18)31(35)39-21-8-9-23(26(15-21)36-6)22-10-11-25-28(19(2)16-32(4,5)33-25)24(22)17-38-30(34)27-12-7-20(3)40-27/h7-11,13-16,27,33H,12,17H2,1-6H3. The van der Waals surface area contributed by atoms with Crippen molar-refractivity contribution in [1.29, 1.82) is 0 Å². The minimum Gasteiger partial charge on any atom is -0.496 e. The summed E-state index contributed by atoms with van der Waals surface area (Å²) < 4.78 is 22.5. The number of anilines is 1. The van der Waals surface area contributed by atoms with Gasteiger partial charge in [-0.1, -0.05) is 18.2 Å². The average Bonchev–Trinajstić information content (AvgIpc) is 3.54. The number of hydrogen-bond donors (Lipinski definition) is 1. The summed E-state index contributed by atoms with van der Waals surface area (Å²) in [5.41, 5.74) is 6.09. The number of hydrogen-bond acceptors (Lipinski definition) is 8. The molecular formula is C32H33NO6S. The van der Waals surface area contributed by atoms with E-state index in [1.807, 2.05) is 25.1 Å². The van der Waals surface area contributed by atoms with Crippen molar-refractivity contribution in [3.8, 4) is 22.6 Å². The van der Waals surface area contributed by atoms with Crippen LogP contribution in [0.3, 0.4) is 0 Å². The van der Waals surface area contributed by atoms with Crippen molar-refractivity contribution in [2.75, 3.05) is 12.4 Å². The van der Waals surface area contributed by atoms with Gasteiger partial charge >= 0.3 is 11.9 Å². The van der Waals surface area contributed by atoms with Crippen molar-refractivity contribution >= 4 is 35.0 Å². The van der Waals surface area contributed by atoms with Gasteiger partial charge in [-0.15, -0.1) is 11.8 Å². The highest BCUT2D eigenvalue weighted by atomic mass is 32.2. The SMILES string of the molecule is COc1cc(OC(=O)c2occc2C)ccc1-c1ccc2c(c1COC(=O)C1CC=C(C)S1)C(C)=CC(C)(C)N2. The molecule has 0 amide bonds. The number of aryl methyl sites for hydroxylation is 1. The van der Waals surface area contributed by atoms with E-state index in [4.69, 9.17) is 18.6 Å². The summed E-state index contributed by atoms with van der Waals surface area (Å²) in [5, 5.41) is 3.36. The maximum atomic E-state index is 13.0. The molecule has 3 aromatic rings. The third-order valence-corrected chi connectivity index (χ3v) is 8.24. The van der Waals surface area contributed by atoms with E-state index >= 15 is 0 Å². The molecule has 40 heavy (non-hydrogen) atoms. The summed E-state index contributed by atoms with van der Waals surface area (Å²) in [6, 6.07) is 11.0. The van der Waals surface area contributed by atoms with Crippen LogP contribution in [0.15, 0.2) is 64.1 Å². The molecule has 0 radical (unpaired) electrons. The van der Waals surface area contributed by atoms with Crippen molar-refractivity contribution in [2.24, 2.45) is 0 Å². The predicted molar refractivity (Wildman–Crippen MR) is 158 cm³/mol. The number of carbonyl (C=O) groups excluding carboxylic acids is 2. The number of ether oxygens (including phenoxy) is 3. The Kier molecular flexibility index (Phi) is 7.55. The Morgan fingerprint density at radius 3 is 2.55 bits per heavy atom. The van der Waals surface area contributed by atoms with Crippen LogP contribution in [0.5, 0.6) is 11.5 Å². The number of nitrogens with one attached hydrogen (secondary N) is 1. The average molecular weight is 560 g/mol. The zero-order chi connectivity index (χ0) is 28.6. The Bertz CT molecular complexity index is 1550. The first-order valence-electron chi connectivity index (χ1n) is 13.1. The van der Waals surface area contributed by atoms with E-state index in [1.54, 1.807) is 44.0 Å². The first-order chi connectivity index (χ1) is 19.1. The molecular weight excluding hydrogens is 526 g/mol. The molecule has 1 atom stereocenters. The summed E-state index contributed by atoms with van der Waals surface area (Å²) in [4.78, 5) is 26.7. The first kappa shape index (κ1) is 27.6. The van der Waals surface area contributed by atoms with Gasteiger partial charge in [-0.05, 0) is 81.3 Å². The molecule has 7 nitrogen and oxygen atoms in total. The lowest BCUT2D eigenvalue weighted by atomic mass is 9.85. The number of benzene rings is 2. The van der Waals surface area contributed by atoms with Crippen LogP contribution in [-0.2, 0) is 16.1 Å². The molecule has 0 fully saturated rings. The largest absolute Gasteiger partial charge is 0.496 e. The second-order valence-electron chi connectivity index (χ2n) is 10.6. The van der Waals surface area contributed by atoms with Gasteiger partial charge < -0.3 is 23.9 Å². The van der Waals surface area contributed by atoms with Crippen molar-refractivity contribution in [1.82, 2.24) is 0 Å². The fourth-order valence-electron chi connectivity index (χ4n) is 5.27. The Hall–Kier alpha value is -3.91. The topological polar surface area (TPSA) is 87.0 Å². The minimum atomic E-state index is -0.581. The van der Waals surface area contributed by atoms with Gasteiger partial charge in [0.05, 0.1) is 18.9 Å². The maximum absolute atomic E-state index is 13.0. The zero-order valence-corrected chi connectivity index (χ0v) is 24.4. The molecule has 1 N–H and O–H groups in total. The van der Waals surface area contributed by atoms with Crippen molar-refractivity contribution < 1.29 is 28.2 Å². The van der Waals surface area contributed by atoms with E-state index in [-0.39, 0.29) is 29.1 Å². The molecule has 1 unspecified atom stereocenters. The highest BCUT2D eigenvalue weighted by Gasteiger charge is 2.29. The summed E-state index contributed by atoms with van der Waals surface area (Å²) in [6.45, 7) is 10.2. The number of rotatable bonds is 7. The van der Waals surface area contributed by atoms with Gasteiger partial charge in [0.2, 0.25) is 5.76 Å². The molecule has 2 aliphatic rings. The van der Waals surface area contributed by atoms with Crippen molar-refractivity contribution in [2.45, 2.75) is 58.4 Å². The number of allylic oxidation sites excluding steroid dienone is 3. The molecule has 0 aliphatic carbocycles. The van der Waals surface area contributed by atoms with Gasteiger partial charge in [-0.2, -0.15) is 0 Å². The Labute approximate surface area is 238 Å². The maximum Gasteiger partial charge on any atom is 0.379 e. The first-order valence-corrected chi connectivity index (χ1v) is 14.0. The lowest BCUT2D eigenvalue weighted by Crippen LogP contribution is -2.32. The number of carbonyl (C=O) groups is 2. The monoisotopic (exact) mass is 559 g/mol. The van der Waals surface area contributed by atoms with Crippen LogP contribution in [0.25, 0.3) is 16.7 Å². The Morgan fingerprint density at radius 1 is 1.10 bits per heavy atom. The van der Waals surface area contributed by atoms with Crippen molar-refractivity contribution in [3.63, 3.8) is 0 Å². The zero-order valence-electron chi connectivity index (χ0n) is 23.5. The van der Waals surface area contributed by atoms with Crippen LogP contribution < -0.4 is 14.8 Å². The number of methoxy groups -OCH3 is 1. The van der Waals surface area contributed by atoms with E-state index in [1.165, 1.54) is 6.26 Å². The van der Waals surface area contributed by atoms with E-state index in [0.29, 0.717) is 23.5 Å². The summed E-state index contributed by atoms with van der Waals surface area (Å²) >= 11 is 1.55. The molecule has 8 heteroatoms. The molecule has 2 aliphatic heterocycles. The molecule has 0 saturated carbocycles. The van der Waals surface area contributed by atoms with Crippen LogP contribution in [0.4, 0.5) is 5.69 Å². The highest BCUT2D eigenvalue weighted by molar-refractivity contribution is 8.04. The summed E-state index contributed by atoms with van der Waals surface area (Å²) in [7, 11) is 1.57. The molecule has 0 bridgehead atoms. The molecule has 0 saturated heterocycles. The van der Waals surface area contributed by atoms with E-state index in [2.05, 4.69) is 38.2 Å². The molecule has 208 valence electrons. The van der Waals surface area contributed by atoms with Crippen LogP contribution in [0.2, 0.25) is 0 Å². The van der Waals surface area contributed by atoms with Crippen LogP contribution in [-0.4, -0.2) is 29.8 Å². The molecule has 5 rings (SSSR count). The van der Waals surface area contributed by atoms with Gasteiger partial charge in [0.1, 0.15) is 23.4 Å². The van der Waals surface area contributed by atoms with Gasteiger partial charge in [0.15, 0.2) is 0 Å². The number of fused-ring (bicyclic) bond motifs is 1. The summed E-state index contributed by atoms with van der Waals surface area (Å²) in [6.07, 6.45) is 6.38. The number of thioether (sulfide) groups is 1. The normalized spacial score (nSPS) is 17.3. The molecule has 1 aromatic heterocycles. The van der Waals surface area contributed by atoms with Gasteiger partial charge in [0.25, 0.3) is 0 Å². The van der Waals surface area contributed by atoms with E-state index in [9.17, 15) is 9.59 Å². The molecule has 3 heterocycles. The van der Waals surface area contributed by atoms with Crippen molar-refractivity contribution in [3.05, 3.63) is 82.2 Å². The Balaban J connectivity index is 1.51. The fraction of sp³-hybridized carbons (Fsp3) is 0.312. The van der Waals surface area contributed by atoms with Gasteiger partial charge in [0, 0.05) is 34.0 Å². The second-order valence-corrected chi connectivity index (χ2v) is 12.1.